The number of anilines is 2. The highest BCUT2D eigenvalue weighted by Crippen LogP contribution is 2.54. The fraction of sp³-hybridized carbons (Fsp3) is 0.462. The molecule has 1 saturated heterocycles. The van der Waals surface area contributed by atoms with Gasteiger partial charge < -0.3 is 10.4 Å². The quantitative estimate of drug-likeness (QED) is 0.686. The van der Waals surface area contributed by atoms with Gasteiger partial charge in [-0.2, -0.15) is 0 Å². The van der Waals surface area contributed by atoms with E-state index in [1.807, 2.05) is 19.2 Å². The molecule has 1 spiro atoms. The number of phenols is 1. The lowest BCUT2D eigenvalue weighted by atomic mass is 9.69. The monoisotopic (exact) mass is 417 g/mol. The molecule has 5 rings (SSSR count). The first-order valence-electron chi connectivity index (χ1n) is 11.6. The molecule has 31 heavy (non-hydrogen) atoms. The number of aromatic hydroxyl groups is 1. The van der Waals surface area contributed by atoms with Crippen LogP contribution in [0, 0.1) is 0 Å². The average Bonchev–Trinajstić information content (AvgIpc) is 3.08. The van der Waals surface area contributed by atoms with Crippen LogP contribution in [0.4, 0.5) is 11.4 Å². The molecule has 2 heterocycles. The number of nitrogens with one attached hydrogen (secondary N) is 1. The van der Waals surface area contributed by atoms with Gasteiger partial charge in [-0.3, -0.25) is 14.7 Å². The second kappa shape index (κ2) is 8.12. The van der Waals surface area contributed by atoms with Crippen LogP contribution in [0.5, 0.6) is 5.75 Å². The zero-order valence-corrected chi connectivity index (χ0v) is 18.2. The molecule has 1 saturated carbocycles. The number of fused-ring (bicyclic) bond motifs is 2. The Balaban J connectivity index is 1.71. The van der Waals surface area contributed by atoms with E-state index in [0.29, 0.717) is 11.5 Å². The van der Waals surface area contributed by atoms with Gasteiger partial charge in [0.15, 0.2) is 6.29 Å². The van der Waals surface area contributed by atoms with Gasteiger partial charge in [0.25, 0.3) is 0 Å². The van der Waals surface area contributed by atoms with E-state index in [2.05, 4.69) is 28.4 Å². The summed E-state index contributed by atoms with van der Waals surface area (Å²) in [6.07, 6.45) is 8.82. The summed E-state index contributed by atoms with van der Waals surface area (Å²) in [6, 6.07) is 12.3. The van der Waals surface area contributed by atoms with Crippen molar-refractivity contribution in [3.63, 3.8) is 0 Å². The number of rotatable bonds is 3. The topological polar surface area (TPSA) is 64.9 Å². The molecule has 0 radical (unpaired) electrons. The molecule has 2 aliphatic heterocycles. The van der Waals surface area contributed by atoms with Crippen molar-refractivity contribution in [2.45, 2.75) is 56.3 Å². The molecule has 2 aromatic carbocycles. The molecular formula is C26H31N3O2. The molecular weight excluding hydrogens is 386 g/mol. The van der Waals surface area contributed by atoms with Crippen LogP contribution < -0.4 is 10.2 Å². The normalized spacial score (nSPS) is 22.1. The molecule has 2 N–H and O–H groups in total. The van der Waals surface area contributed by atoms with Gasteiger partial charge in [0, 0.05) is 7.05 Å². The Morgan fingerprint density at radius 3 is 2.58 bits per heavy atom. The van der Waals surface area contributed by atoms with Crippen molar-refractivity contribution < 1.29 is 9.90 Å². The van der Waals surface area contributed by atoms with Crippen molar-refractivity contribution in [1.29, 1.82) is 0 Å². The minimum atomic E-state index is -0.111. The van der Waals surface area contributed by atoms with Gasteiger partial charge in [-0.15, -0.1) is 0 Å². The maximum Gasteiger partial charge on any atom is 0.155 e. The summed E-state index contributed by atoms with van der Waals surface area (Å²) >= 11 is 0. The SMILES string of the molecule is CN=C1N(c2cccc(O)c2C=O)c2cc(C3CCNCC3)ccc2C12CCCCC2. The van der Waals surface area contributed by atoms with Gasteiger partial charge >= 0.3 is 0 Å². The fourth-order valence-corrected chi connectivity index (χ4v) is 6.06. The van der Waals surface area contributed by atoms with E-state index in [1.54, 1.807) is 6.07 Å². The van der Waals surface area contributed by atoms with Crippen LogP contribution in [-0.2, 0) is 5.41 Å². The molecule has 162 valence electrons. The van der Waals surface area contributed by atoms with Gasteiger partial charge in [0.1, 0.15) is 11.6 Å². The maximum absolute atomic E-state index is 12.0. The van der Waals surface area contributed by atoms with Crippen molar-refractivity contribution >= 4 is 23.5 Å². The third-order valence-corrected chi connectivity index (χ3v) is 7.57. The highest BCUT2D eigenvalue weighted by atomic mass is 16.3. The van der Waals surface area contributed by atoms with Crippen LogP contribution in [-0.4, -0.2) is 37.4 Å². The number of amidine groups is 1. The summed E-state index contributed by atoms with van der Waals surface area (Å²) in [5, 5.41) is 13.9. The lowest BCUT2D eigenvalue weighted by Crippen LogP contribution is -2.40. The Morgan fingerprint density at radius 1 is 1.10 bits per heavy atom. The van der Waals surface area contributed by atoms with Crippen molar-refractivity contribution in [3.8, 4) is 5.75 Å². The van der Waals surface area contributed by atoms with E-state index in [-0.39, 0.29) is 11.2 Å². The standard InChI is InChI=1S/C26H31N3O2/c1-27-25-26(12-3-2-4-13-26)21-9-8-19(18-10-14-28-15-11-18)16-23(21)29(25)22-6-5-7-24(31)20(22)17-30/h5-9,16-18,28,31H,2-4,10-15H2,1H3. The molecule has 0 unspecified atom stereocenters. The third kappa shape index (κ3) is 3.18. The highest BCUT2D eigenvalue weighted by molar-refractivity contribution is 6.17. The van der Waals surface area contributed by atoms with Crippen LogP contribution in [0.1, 0.15) is 72.3 Å². The predicted octanol–water partition coefficient (Wildman–Crippen LogP) is 5.05. The van der Waals surface area contributed by atoms with Crippen LogP contribution in [0.25, 0.3) is 0 Å². The Labute approximate surface area is 184 Å². The average molecular weight is 418 g/mol. The molecule has 5 heteroatoms. The van der Waals surface area contributed by atoms with Crippen molar-refractivity contribution in [3.05, 3.63) is 53.1 Å². The number of aliphatic imine (C=N–C) groups is 1. The summed E-state index contributed by atoms with van der Waals surface area (Å²) in [4.78, 5) is 18.9. The number of carbonyl (C=O) groups excluding carboxylic acids is 1. The summed E-state index contributed by atoms with van der Waals surface area (Å²) < 4.78 is 0. The van der Waals surface area contributed by atoms with Crippen LogP contribution in [0.2, 0.25) is 0 Å². The Hall–Kier alpha value is -2.66. The highest BCUT2D eigenvalue weighted by Gasteiger charge is 2.49. The molecule has 0 bridgehead atoms. The number of aldehydes is 1. The molecule has 0 atom stereocenters. The first kappa shape index (κ1) is 20.3. The molecule has 2 aromatic rings. The van der Waals surface area contributed by atoms with Crippen molar-refractivity contribution in [2.24, 2.45) is 4.99 Å². The number of carbonyl (C=O) groups is 1. The van der Waals surface area contributed by atoms with E-state index in [0.717, 1.165) is 62.3 Å². The summed E-state index contributed by atoms with van der Waals surface area (Å²) in [6.45, 7) is 2.11. The zero-order chi connectivity index (χ0) is 21.4. The predicted molar refractivity (Wildman–Crippen MR) is 125 cm³/mol. The number of phenolic OH excluding ortho intramolecular Hbond substituents is 1. The lowest BCUT2D eigenvalue weighted by Gasteiger charge is -2.35. The number of hydrogen-bond acceptors (Lipinski definition) is 4. The van der Waals surface area contributed by atoms with Crippen LogP contribution >= 0.6 is 0 Å². The minimum absolute atomic E-state index is 0.0172. The van der Waals surface area contributed by atoms with Gasteiger partial charge in [-0.1, -0.05) is 37.5 Å². The van der Waals surface area contributed by atoms with E-state index in [9.17, 15) is 9.90 Å². The maximum atomic E-state index is 12.0. The smallest absolute Gasteiger partial charge is 0.155 e. The molecule has 3 aliphatic rings. The largest absolute Gasteiger partial charge is 0.507 e. The summed E-state index contributed by atoms with van der Waals surface area (Å²) in [5.74, 6) is 1.58. The third-order valence-electron chi connectivity index (χ3n) is 7.57. The van der Waals surface area contributed by atoms with Crippen molar-refractivity contribution in [2.75, 3.05) is 25.0 Å². The molecule has 5 nitrogen and oxygen atoms in total. The second-order valence-electron chi connectivity index (χ2n) is 9.15. The Bertz CT molecular complexity index is 1020. The summed E-state index contributed by atoms with van der Waals surface area (Å²) in [7, 11) is 1.86. The Morgan fingerprint density at radius 2 is 1.87 bits per heavy atom. The zero-order valence-electron chi connectivity index (χ0n) is 18.2. The lowest BCUT2D eigenvalue weighted by molar-refractivity contribution is 0.112. The van der Waals surface area contributed by atoms with Gasteiger partial charge in [-0.25, -0.2) is 0 Å². The number of nitrogens with zero attached hydrogens (tertiary/aromatic N) is 2. The molecule has 0 amide bonds. The summed E-state index contributed by atoms with van der Waals surface area (Å²) in [5.41, 5.74) is 4.76. The van der Waals surface area contributed by atoms with E-state index in [1.165, 1.54) is 30.4 Å². The molecule has 1 aliphatic carbocycles. The van der Waals surface area contributed by atoms with E-state index in [4.69, 9.17) is 4.99 Å². The van der Waals surface area contributed by atoms with Gasteiger partial charge in [-0.05, 0) is 74.0 Å². The number of hydrogen-bond donors (Lipinski definition) is 2. The van der Waals surface area contributed by atoms with Crippen molar-refractivity contribution in [1.82, 2.24) is 5.32 Å². The Kier molecular flexibility index (Phi) is 5.30. The molecule has 0 aromatic heterocycles. The number of benzene rings is 2. The fourth-order valence-electron chi connectivity index (χ4n) is 6.06. The molecule has 2 fully saturated rings. The van der Waals surface area contributed by atoms with Gasteiger partial charge in [0.05, 0.1) is 22.4 Å². The minimum Gasteiger partial charge on any atom is -0.507 e. The number of piperidine rings is 1. The van der Waals surface area contributed by atoms with Crippen LogP contribution in [0.15, 0.2) is 41.4 Å². The van der Waals surface area contributed by atoms with E-state index >= 15 is 0 Å². The first-order chi connectivity index (χ1) is 15.2. The van der Waals surface area contributed by atoms with E-state index < -0.39 is 0 Å². The second-order valence-corrected chi connectivity index (χ2v) is 9.15. The van der Waals surface area contributed by atoms with Crippen LogP contribution in [0.3, 0.4) is 0 Å². The van der Waals surface area contributed by atoms with Gasteiger partial charge in [0.2, 0.25) is 0 Å². The first-order valence-corrected chi connectivity index (χ1v) is 11.6.